The zero-order valence-corrected chi connectivity index (χ0v) is 16.3. The number of methoxy groups -OCH3 is 1. The van der Waals surface area contributed by atoms with Crippen LogP contribution in [0.25, 0.3) is 0 Å². The van der Waals surface area contributed by atoms with E-state index in [-0.39, 0.29) is 11.9 Å². The van der Waals surface area contributed by atoms with Gasteiger partial charge in [-0.05, 0) is 58.5 Å². The van der Waals surface area contributed by atoms with Crippen molar-refractivity contribution in [2.75, 3.05) is 46.9 Å². The quantitative estimate of drug-likeness (QED) is 0.343. The number of guanidine groups is 1. The van der Waals surface area contributed by atoms with E-state index in [0.29, 0.717) is 0 Å². The van der Waals surface area contributed by atoms with Gasteiger partial charge in [-0.2, -0.15) is 0 Å². The van der Waals surface area contributed by atoms with Gasteiger partial charge in [0.1, 0.15) is 0 Å². The molecule has 1 atom stereocenters. The standard InChI is InChI=1S/C19H36N4O2/c1-16-8-4-6-12-22(16)13-7-5-11-21-19(20-2)23-14-9-17(10-15-23)18(24)25-3/h16-17H,4-15H2,1-3H3,(H,20,21). The first-order valence-electron chi connectivity index (χ1n) is 9.93. The molecule has 25 heavy (non-hydrogen) atoms. The molecule has 2 aliphatic rings. The lowest BCUT2D eigenvalue weighted by atomic mass is 9.97. The molecule has 0 aliphatic carbocycles. The van der Waals surface area contributed by atoms with E-state index in [0.717, 1.165) is 44.5 Å². The monoisotopic (exact) mass is 352 g/mol. The van der Waals surface area contributed by atoms with Gasteiger partial charge < -0.3 is 19.9 Å². The van der Waals surface area contributed by atoms with Gasteiger partial charge >= 0.3 is 5.97 Å². The number of rotatable bonds is 6. The summed E-state index contributed by atoms with van der Waals surface area (Å²) < 4.78 is 4.85. The summed E-state index contributed by atoms with van der Waals surface area (Å²) in [5, 5.41) is 3.49. The van der Waals surface area contributed by atoms with Crippen LogP contribution in [0.5, 0.6) is 0 Å². The molecule has 0 spiro atoms. The Balaban J connectivity index is 1.61. The average molecular weight is 353 g/mol. The van der Waals surface area contributed by atoms with Crippen LogP contribution in [-0.2, 0) is 9.53 Å². The molecular weight excluding hydrogens is 316 g/mol. The van der Waals surface area contributed by atoms with Gasteiger partial charge in [-0.15, -0.1) is 0 Å². The van der Waals surface area contributed by atoms with E-state index in [1.807, 2.05) is 7.05 Å². The highest BCUT2D eigenvalue weighted by Crippen LogP contribution is 2.19. The predicted molar refractivity (Wildman–Crippen MR) is 102 cm³/mol. The summed E-state index contributed by atoms with van der Waals surface area (Å²) in [5.41, 5.74) is 0. The molecule has 2 fully saturated rings. The number of hydrogen-bond acceptors (Lipinski definition) is 4. The van der Waals surface area contributed by atoms with Gasteiger partial charge in [0.15, 0.2) is 5.96 Å². The van der Waals surface area contributed by atoms with Crippen LogP contribution < -0.4 is 5.32 Å². The molecular formula is C19H36N4O2. The lowest BCUT2D eigenvalue weighted by Crippen LogP contribution is -2.47. The number of hydrogen-bond donors (Lipinski definition) is 1. The molecule has 0 aromatic heterocycles. The van der Waals surface area contributed by atoms with Crippen molar-refractivity contribution in [3.05, 3.63) is 0 Å². The number of carbonyl (C=O) groups excluding carboxylic acids is 1. The summed E-state index contributed by atoms with van der Waals surface area (Å²) in [6, 6.07) is 0.755. The minimum absolute atomic E-state index is 0.0471. The van der Waals surface area contributed by atoms with Crippen molar-refractivity contribution < 1.29 is 9.53 Å². The molecule has 0 saturated carbocycles. The highest BCUT2D eigenvalue weighted by Gasteiger charge is 2.26. The maximum absolute atomic E-state index is 11.6. The molecule has 2 saturated heterocycles. The van der Waals surface area contributed by atoms with Gasteiger partial charge in [0.25, 0.3) is 0 Å². The molecule has 144 valence electrons. The first-order chi connectivity index (χ1) is 12.2. The fourth-order valence-electron chi connectivity index (χ4n) is 3.96. The Morgan fingerprint density at radius 2 is 1.92 bits per heavy atom. The van der Waals surface area contributed by atoms with E-state index >= 15 is 0 Å². The molecule has 2 heterocycles. The van der Waals surface area contributed by atoms with E-state index in [2.05, 4.69) is 27.0 Å². The summed E-state index contributed by atoms with van der Waals surface area (Å²) in [5.74, 6) is 0.940. The van der Waals surface area contributed by atoms with E-state index in [1.165, 1.54) is 52.3 Å². The lowest BCUT2D eigenvalue weighted by Gasteiger charge is -2.34. The molecule has 0 bridgehead atoms. The van der Waals surface area contributed by atoms with Gasteiger partial charge in [0.05, 0.1) is 13.0 Å². The Kier molecular flexibility index (Phi) is 8.52. The van der Waals surface area contributed by atoms with E-state index in [9.17, 15) is 4.79 Å². The second kappa shape index (κ2) is 10.6. The number of ether oxygens (including phenoxy) is 1. The third-order valence-corrected chi connectivity index (χ3v) is 5.64. The number of unbranched alkanes of at least 4 members (excludes halogenated alkanes) is 1. The molecule has 0 radical (unpaired) electrons. The van der Waals surface area contributed by atoms with Gasteiger partial charge in [0.2, 0.25) is 0 Å². The minimum Gasteiger partial charge on any atom is -0.469 e. The van der Waals surface area contributed by atoms with Crippen molar-refractivity contribution >= 4 is 11.9 Å². The maximum Gasteiger partial charge on any atom is 0.308 e. The fourth-order valence-corrected chi connectivity index (χ4v) is 3.96. The SMILES string of the molecule is CN=C(NCCCCN1CCCCC1C)N1CCC(C(=O)OC)CC1. The molecule has 2 aliphatic heterocycles. The zero-order chi connectivity index (χ0) is 18.1. The van der Waals surface area contributed by atoms with Crippen LogP contribution in [0.2, 0.25) is 0 Å². The minimum atomic E-state index is -0.0745. The van der Waals surface area contributed by atoms with Crippen LogP contribution in [0.1, 0.15) is 51.9 Å². The van der Waals surface area contributed by atoms with Crippen molar-refractivity contribution in [1.29, 1.82) is 0 Å². The number of aliphatic imine (C=N–C) groups is 1. The van der Waals surface area contributed by atoms with E-state index in [1.54, 1.807) is 0 Å². The van der Waals surface area contributed by atoms with Crippen molar-refractivity contribution in [3.63, 3.8) is 0 Å². The van der Waals surface area contributed by atoms with Crippen molar-refractivity contribution in [3.8, 4) is 0 Å². The Labute approximate surface area is 153 Å². The molecule has 1 N–H and O–H groups in total. The summed E-state index contributed by atoms with van der Waals surface area (Å²) >= 11 is 0. The number of nitrogens with one attached hydrogen (secondary N) is 1. The summed E-state index contributed by atoms with van der Waals surface area (Å²) in [6.07, 6.45) is 8.20. The molecule has 0 aromatic carbocycles. The zero-order valence-electron chi connectivity index (χ0n) is 16.3. The van der Waals surface area contributed by atoms with E-state index in [4.69, 9.17) is 4.74 Å². The molecule has 2 rings (SSSR count). The van der Waals surface area contributed by atoms with Gasteiger partial charge in [-0.25, -0.2) is 0 Å². The molecule has 6 nitrogen and oxygen atoms in total. The van der Waals surface area contributed by atoms with Crippen LogP contribution in [0.3, 0.4) is 0 Å². The Morgan fingerprint density at radius 3 is 2.56 bits per heavy atom. The van der Waals surface area contributed by atoms with Crippen LogP contribution in [0.15, 0.2) is 4.99 Å². The highest BCUT2D eigenvalue weighted by atomic mass is 16.5. The van der Waals surface area contributed by atoms with Gasteiger partial charge in [-0.1, -0.05) is 6.42 Å². The molecule has 1 unspecified atom stereocenters. The summed E-state index contributed by atoms with van der Waals surface area (Å²) in [4.78, 5) is 20.9. The Bertz CT molecular complexity index is 433. The first kappa shape index (κ1) is 20.0. The number of piperidine rings is 2. The molecule has 0 aromatic rings. The average Bonchev–Trinajstić information content (AvgIpc) is 2.65. The van der Waals surface area contributed by atoms with Crippen molar-refractivity contribution in [2.45, 2.75) is 57.9 Å². The van der Waals surface area contributed by atoms with Crippen molar-refractivity contribution in [1.82, 2.24) is 15.1 Å². The van der Waals surface area contributed by atoms with Crippen LogP contribution in [0.4, 0.5) is 0 Å². The fraction of sp³-hybridized carbons (Fsp3) is 0.895. The third-order valence-electron chi connectivity index (χ3n) is 5.64. The van der Waals surface area contributed by atoms with Crippen LogP contribution >= 0.6 is 0 Å². The summed E-state index contributed by atoms with van der Waals surface area (Å²) in [7, 11) is 3.31. The second-order valence-corrected chi connectivity index (χ2v) is 7.35. The number of esters is 1. The molecule has 0 amide bonds. The number of nitrogens with zero attached hydrogens (tertiary/aromatic N) is 3. The Hall–Kier alpha value is -1.30. The highest BCUT2D eigenvalue weighted by molar-refractivity contribution is 5.80. The Morgan fingerprint density at radius 1 is 1.16 bits per heavy atom. The third kappa shape index (κ3) is 6.17. The van der Waals surface area contributed by atoms with Gasteiger partial charge in [-0.3, -0.25) is 9.79 Å². The largest absolute Gasteiger partial charge is 0.469 e. The van der Waals surface area contributed by atoms with E-state index < -0.39 is 0 Å². The first-order valence-corrected chi connectivity index (χ1v) is 9.93. The van der Waals surface area contributed by atoms with Crippen LogP contribution in [0, 0.1) is 5.92 Å². The topological polar surface area (TPSA) is 57.2 Å². The second-order valence-electron chi connectivity index (χ2n) is 7.35. The molecule has 6 heteroatoms. The summed E-state index contributed by atoms with van der Waals surface area (Å²) in [6.45, 7) is 7.54. The number of likely N-dealkylation sites (tertiary alicyclic amines) is 2. The lowest BCUT2D eigenvalue weighted by molar-refractivity contribution is -0.146. The normalized spacial score (nSPS) is 23.6. The number of carbonyl (C=O) groups is 1. The van der Waals surface area contributed by atoms with Crippen LogP contribution in [-0.4, -0.2) is 74.7 Å². The van der Waals surface area contributed by atoms with Gasteiger partial charge in [0, 0.05) is 32.7 Å². The predicted octanol–water partition coefficient (Wildman–Crippen LogP) is 2.10. The smallest absolute Gasteiger partial charge is 0.308 e. The maximum atomic E-state index is 11.6. The van der Waals surface area contributed by atoms with Crippen molar-refractivity contribution in [2.24, 2.45) is 10.9 Å².